The van der Waals surface area contributed by atoms with Gasteiger partial charge in [-0.1, -0.05) is 60.7 Å². The lowest BCUT2D eigenvalue weighted by Gasteiger charge is -2.13. The van der Waals surface area contributed by atoms with Gasteiger partial charge in [0.05, 0.1) is 5.69 Å². The van der Waals surface area contributed by atoms with Crippen LogP contribution in [0.3, 0.4) is 0 Å². The van der Waals surface area contributed by atoms with Crippen molar-refractivity contribution in [3.8, 4) is 16.9 Å². The van der Waals surface area contributed by atoms with E-state index in [0.717, 1.165) is 11.1 Å². The maximum absolute atomic E-state index is 12.3. The van der Waals surface area contributed by atoms with Gasteiger partial charge in [-0.2, -0.15) is 0 Å². The molecule has 0 saturated heterocycles. The second kappa shape index (κ2) is 8.12. The second-order valence-corrected chi connectivity index (χ2v) is 5.80. The van der Waals surface area contributed by atoms with Crippen LogP contribution in [0.4, 0.5) is 5.69 Å². The fourth-order valence-corrected chi connectivity index (χ4v) is 2.68. The van der Waals surface area contributed by atoms with E-state index in [1.807, 2.05) is 54.6 Å². The van der Waals surface area contributed by atoms with Crippen molar-refractivity contribution in [3.05, 3.63) is 84.4 Å². The zero-order chi connectivity index (χ0) is 18.4. The Morgan fingerprint density at radius 1 is 0.846 bits per heavy atom. The number of benzene rings is 3. The molecule has 0 spiro atoms. The van der Waals surface area contributed by atoms with Crippen LogP contribution in [0.25, 0.3) is 11.1 Å². The van der Waals surface area contributed by atoms with Gasteiger partial charge in [-0.05, 0) is 30.7 Å². The van der Waals surface area contributed by atoms with Gasteiger partial charge < -0.3 is 10.1 Å². The number of hydrogen-bond acceptors (Lipinski definition) is 3. The number of ether oxygens (including phenoxy) is 1. The van der Waals surface area contributed by atoms with Gasteiger partial charge in [0.2, 0.25) is 0 Å². The van der Waals surface area contributed by atoms with Crippen molar-refractivity contribution in [2.45, 2.75) is 6.92 Å². The van der Waals surface area contributed by atoms with E-state index >= 15 is 0 Å². The molecule has 3 aromatic carbocycles. The highest BCUT2D eigenvalue weighted by atomic mass is 16.5. The summed E-state index contributed by atoms with van der Waals surface area (Å²) in [6.07, 6.45) is 0. The van der Waals surface area contributed by atoms with Gasteiger partial charge in [-0.25, -0.2) is 0 Å². The van der Waals surface area contributed by atoms with E-state index in [9.17, 15) is 9.59 Å². The molecule has 1 amide bonds. The number of para-hydroxylation sites is 2. The summed E-state index contributed by atoms with van der Waals surface area (Å²) >= 11 is 0. The number of rotatable bonds is 6. The molecule has 0 aromatic heterocycles. The minimum absolute atomic E-state index is 0.101. The minimum atomic E-state index is -0.318. The summed E-state index contributed by atoms with van der Waals surface area (Å²) in [7, 11) is 0. The van der Waals surface area contributed by atoms with Gasteiger partial charge in [-0.15, -0.1) is 0 Å². The topological polar surface area (TPSA) is 55.4 Å². The molecule has 0 aliphatic carbocycles. The molecular weight excluding hydrogens is 326 g/mol. The molecule has 130 valence electrons. The summed E-state index contributed by atoms with van der Waals surface area (Å²) in [6, 6.07) is 24.3. The highest BCUT2D eigenvalue weighted by molar-refractivity contribution is 6.03. The lowest BCUT2D eigenvalue weighted by Crippen LogP contribution is -2.21. The smallest absolute Gasteiger partial charge is 0.262 e. The molecule has 0 aliphatic rings. The van der Waals surface area contributed by atoms with Gasteiger partial charge in [0, 0.05) is 11.1 Å². The third-order valence-corrected chi connectivity index (χ3v) is 3.91. The third kappa shape index (κ3) is 4.16. The fourth-order valence-electron chi connectivity index (χ4n) is 2.68. The van der Waals surface area contributed by atoms with Crippen molar-refractivity contribution in [1.29, 1.82) is 0 Å². The lowest BCUT2D eigenvalue weighted by molar-refractivity contribution is -0.118. The molecule has 0 unspecified atom stereocenters. The molecule has 0 heterocycles. The molecule has 0 bridgehead atoms. The first kappa shape index (κ1) is 17.4. The average molecular weight is 345 g/mol. The second-order valence-electron chi connectivity index (χ2n) is 5.80. The van der Waals surface area contributed by atoms with Gasteiger partial charge >= 0.3 is 0 Å². The largest absolute Gasteiger partial charge is 0.483 e. The van der Waals surface area contributed by atoms with Crippen LogP contribution in [0.1, 0.15) is 17.3 Å². The van der Waals surface area contributed by atoms with Crippen LogP contribution in [-0.4, -0.2) is 18.3 Å². The lowest BCUT2D eigenvalue weighted by atomic mass is 10.1. The van der Waals surface area contributed by atoms with Crippen molar-refractivity contribution in [2.75, 3.05) is 11.9 Å². The zero-order valence-electron chi connectivity index (χ0n) is 14.4. The Labute approximate surface area is 152 Å². The van der Waals surface area contributed by atoms with Gasteiger partial charge in [0.25, 0.3) is 5.91 Å². The average Bonchev–Trinajstić information content (AvgIpc) is 2.67. The van der Waals surface area contributed by atoms with Gasteiger partial charge in [-0.3, -0.25) is 9.59 Å². The Hall–Kier alpha value is -3.40. The molecule has 0 atom stereocenters. The fraction of sp³-hybridized carbons (Fsp3) is 0.0909. The van der Waals surface area contributed by atoms with E-state index in [2.05, 4.69) is 5.32 Å². The summed E-state index contributed by atoms with van der Waals surface area (Å²) in [5.41, 5.74) is 2.91. The summed E-state index contributed by atoms with van der Waals surface area (Å²) in [6.45, 7) is 1.33. The van der Waals surface area contributed by atoms with Crippen LogP contribution in [-0.2, 0) is 4.79 Å². The van der Waals surface area contributed by atoms with E-state index < -0.39 is 0 Å². The number of carbonyl (C=O) groups is 2. The number of hydrogen-bond donors (Lipinski definition) is 1. The van der Waals surface area contributed by atoms with Crippen LogP contribution in [0.2, 0.25) is 0 Å². The van der Waals surface area contributed by atoms with Crippen molar-refractivity contribution in [1.82, 2.24) is 0 Å². The molecule has 4 nitrogen and oxygen atoms in total. The van der Waals surface area contributed by atoms with E-state index in [4.69, 9.17) is 4.74 Å². The quantitative estimate of drug-likeness (QED) is 0.666. The van der Waals surface area contributed by atoms with E-state index in [-0.39, 0.29) is 18.3 Å². The van der Waals surface area contributed by atoms with Crippen LogP contribution in [0, 0.1) is 0 Å². The Morgan fingerprint density at radius 3 is 2.27 bits per heavy atom. The monoisotopic (exact) mass is 345 g/mol. The highest BCUT2D eigenvalue weighted by Gasteiger charge is 2.11. The maximum atomic E-state index is 12.3. The van der Waals surface area contributed by atoms with Crippen molar-refractivity contribution < 1.29 is 14.3 Å². The number of carbonyl (C=O) groups excluding carboxylic acids is 2. The molecule has 3 rings (SSSR count). The molecule has 3 aromatic rings. The number of amides is 1. The summed E-state index contributed by atoms with van der Waals surface area (Å²) in [5, 5.41) is 2.74. The number of nitrogens with one attached hydrogen (secondary N) is 1. The predicted molar refractivity (Wildman–Crippen MR) is 102 cm³/mol. The van der Waals surface area contributed by atoms with E-state index in [1.54, 1.807) is 24.3 Å². The number of ketones is 1. The normalized spacial score (nSPS) is 10.2. The Kier molecular flexibility index (Phi) is 5.44. The van der Waals surface area contributed by atoms with Crippen LogP contribution in [0.15, 0.2) is 78.9 Å². The van der Waals surface area contributed by atoms with Crippen molar-refractivity contribution >= 4 is 17.4 Å². The first-order valence-corrected chi connectivity index (χ1v) is 8.32. The molecule has 1 N–H and O–H groups in total. The highest BCUT2D eigenvalue weighted by Crippen LogP contribution is 2.29. The SMILES string of the molecule is CC(=O)c1ccccc1NC(=O)COc1ccccc1-c1ccccc1. The maximum Gasteiger partial charge on any atom is 0.262 e. The molecule has 0 fully saturated rings. The van der Waals surface area contributed by atoms with Gasteiger partial charge in [0.15, 0.2) is 12.4 Å². The summed E-state index contributed by atoms with van der Waals surface area (Å²) in [5.74, 6) is 0.214. The Balaban J connectivity index is 1.71. The Morgan fingerprint density at radius 2 is 1.50 bits per heavy atom. The summed E-state index contributed by atoms with van der Waals surface area (Å²) < 4.78 is 5.73. The van der Waals surface area contributed by atoms with Crippen LogP contribution >= 0.6 is 0 Å². The molecule has 0 radical (unpaired) electrons. The molecule has 26 heavy (non-hydrogen) atoms. The van der Waals surface area contributed by atoms with Crippen molar-refractivity contribution in [3.63, 3.8) is 0 Å². The van der Waals surface area contributed by atoms with E-state index in [0.29, 0.717) is 17.0 Å². The minimum Gasteiger partial charge on any atom is -0.483 e. The molecule has 4 heteroatoms. The van der Waals surface area contributed by atoms with Crippen molar-refractivity contribution in [2.24, 2.45) is 0 Å². The standard InChI is InChI=1S/C22H19NO3/c1-16(24)18-11-5-7-13-20(18)23-22(25)15-26-21-14-8-6-12-19(21)17-9-3-2-4-10-17/h2-14H,15H2,1H3,(H,23,25). The first-order chi connectivity index (χ1) is 12.6. The summed E-state index contributed by atoms with van der Waals surface area (Å²) in [4.78, 5) is 23.9. The molecule has 0 aliphatic heterocycles. The first-order valence-electron chi connectivity index (χ1n) is 8.32. The van der Waals surface area contributed by atoms with Gasteiger partial charge in [0.1, 0.15) is 5.75 Å². The van der Waals surface area contributed by atoms with Crippen LogP contribution in [0.5, 0.6) is 5.75 Å². The Bertz CT molecular complexity index is 919. The zero-order valence-corrected chi connectivity index (χ0v) is 14.4. The number of anilines is 1. The van der Waals surface area contributed by atoms with E-state index in [1.165, 1.54) is 6.92 Å². The molecule has 0 saturated carbocycles. The third-order valence-electron chi connectivity index (χ3n) is 3.91. The predicted octanol–water partition coefficient (Wildman–Crippen LogP) is 4.57. The number of Topliss-reactive ketones (excluding diaryl/α,β-unsaturated/α-hetero) is 1. The van der Waals surface area contributed by atoms with Crippen LogP contribution < -0.4 is 10.1 Å². The molecular formula is C22H19NO3.